The molecule has 148 valence electrons. The van der Waals surface area contributed by atoms with Crippen LogP contribution in [0.15, 0.2) is 41.5 Å². The highest BCUT2D eigenvalue weighted by Gasteiger charge is 2.09. The summed E-state index contributed by atoms with van der Waals surface area (Å²) >= 11 is 0. The molecule has 0 aliphatic heterocycles. The third-order valence-corrected chi connectivity index (χ3v) is 4.02. The number of hydrogen-bond acceptors (Lipinski definition) is 4. The SMILES string of the molecule is CN=C(NCCCOc1ccccc1)NCc1ncc(C)c(OC)c1C.I. The quantitative estimate of drug-likeness (QED) is 0.260. The fraction of sp³-hybridized carbons (Fsp3) is 0.400. The highest BCUT2D eigenvalue weighted by molar-refractivity contribution is 14.0. The van der Waals surface area contributed by atoms with E-state index in [1.807, 2.05) is 50.4 Å². The molecule has 2 aromatic rings. The largest absolute Gasteiger partial charge is 0.496 e. The minimum atomic E-state index is 0. The normalized spacial score (nSPS) is 10.7. The number of aromatic nitrogens is 1. The Morgan fingerprint density at radius 3 is 2.56 bits per heavy atom. The molecule has 0 saturated carbocycles. The van der Waals surface area contributed by atoms with E-state index in [0.29, 0.717) is 13.2 Å². The number of methoxy groups -OCH3 is 1. The summed E-state index contributed by atoms with van der Waals surface area (Å²) in [6.07, 6.45) is 2.71. The Kier molecular flexibility index (Phi) is 10.5. The molecular formula is C20H29IN4O2. The second-order valence-corrected chi connectivity index (χ2v) is 5.91. The zero-order valence-electron chi connectivity index (χ0n) is 16.4. The summed E-state index contributed by atoms with van der Waals surface area (Å²) in [7, 11) is 3.44. The number of benzene rings is 1. The first-order valence-electron chi connectivity index (χ1n) is 8.77. The van der Waals surface area contributed by atoms with Gasteiger partial charge < -0.3 is 20.1 Å². The summed E-state index contributed by atoms with van der Waals surface area (Å²) in [4.78, 5) is 8.73. The van der Waals surface area contributed by atoms with Gasteiger partial charge in [-0.1, -0.05) is 18.2 Å². The van der Waals surface area contributed by atoms with Crippen LogP contribution in [0.3, 0.4) is 0 Å². The maximum absolute atomic E-state index is 5.68. The van der Waals surface area contributed by atoms with E-state index in [4.69, 9.17) is 9.47 Å². The molecule has 0 amide bonds. The molecule has 0 saturated heterocycles. The highest BCUT2D eigenvalue weighted by Crippen LogP contribution is 2.23. The van der Waals surface area contributed by atoms with Crippen molar-refractivity contribution in [1.29, 1.82) is 0 Å². The molecule has 0 radical (unpaired) electrons. The van der Waals surface area contributed by atoms with Crippen molar-refractivity contribution < 1.29 is 9.47 Å². The van der Waals surface area contributed by atoms with Crippen LogP contribution in [0, 0.1) is 13.8 Å². The molecule has 6 nitrogen and oxygen atoms in total. The van der Waals surface area contributed by atoms with Crippen molar-refractivity contribution in [1.82, 2.24) is 15.6 Å². The Labute approximate surface area is 178 Å². The molecule has 0 bridgehead atoms. The van der Waals surface area contributed by atoms with Crippen LogP contribution in [-0.4, -0.2) is 38.3 Å². The zero-order chi connectivity index (χ0) is 18.8. The fourth-order valence-corrected chi connectivity index (χ4v) is 2.62. The monoisotopic (exact) mass is 484 g/mol. The second-order valence-electron chi connectivity index (χ2n) is 5.91. The molecule has 27 heavy (non-hydrogen) atoms. The number of para-hydroxylation sites is 1. The van der Waals surface area contributed by atoms with Gasteiger partial charge in [-0.25, -0.2) is 0 Å². The molecule has 0 aliphatic rings. The number of guanidine groups is 1. The van der Waals surface area contributed by atoms with Gasteiger partial charge in [0.15, 0.2) is 5.96 Å². The van der Waals surface area contributed by atoms with E-state index in [2.05, 4.69) is 20.6 Å². The van der Waals surface area contributed by atoms with Gasteiger partial charge in [-0.3, -0.25) is 9.98 Å². The molecule has 1 aromatic heterocycles. The molecule has 0 fully saturated rings. The number of ether oxygens (including phenoxy) is 2. The zero-order valence-corrected chi connectivity index (χ0v) is 18.7. The van der Waals surface area contributed by atoms with Crippen molar-refractivity contribution >= 4 is 29.9 Å². The van der Waals surface area contributed by atoms with Gasteiger partial charge in [0, 0.05) is 30.9 Å². The minimum Gasteiger partial charge on any atom is -0.496 e. The van der Waals surface area contributed by atoms with E-state index in [-0.39, 0.29) is 24.0 Å². The Hall–Kier alpha value is -2.03. The van der Waals surface area contributed by atoms with Gasteiger partial charge in [-0.05, 0) is 32.4 Å². The number of nitrogens with zero attached hydrogens (tertiary/aromatic N) is 2. The maximum atomic E-state index is 5.68. The Balaban J connectivity index is 0.00000364. The molecule has 0 spiro atoms. The number of aryl methyl sites for hydroxylation is 1. The predicted molar refractivity (Wildman–Crippen MR) is 120 cm³/mol. The summed E-state index contributed by atoms with van der Waals surface area (Å²) < 4.78 is 11.1. The molecule has 1 heterocycles. The topological polar surface area (TPSA) is 67.8 Å². The third kappa shape index (κ3) is 7.24. The maximum Gasteiger partial charge on any atom is 0.191 e. The summed E-state index contributed by atoms with van der Waals surface area (Å²) in [5.41, 5.74) is 3.03. The molecule has 7 heteroatoms. The predicted octanol–water partition coefficient (Wildman–Crippen LogP) is 3.46. The Bertz CT molecular complexity index is 723. The molecule has 2 N–H and O–H groups in total. The lowest BCUT2D eigenvalue weighted by Crippen LogP contribution is -2.38. The molecule has 0 aliphatic carbocycles. The number of halogens is 1. The van der Waals surface area contributed by atoms with Gasteiger partial charge in [0.05, 0.1) is 26.0 Å². The van der Waals surface area contributed by atoms with Crippen molar-refractivity contribution in [2.24, 2.45) is 4.99 Å². The molecule has 2 rings (SSSR count). The Morgan fingerprint density at radius 1 is 1.15 bits per heavy atom. The lowest BCUT2D eigenvalue weighted by atomic mass is 10.1. The third-order valence-electron chi connectivity index (χ3n) is 4.02. The van der Waals surface area contributed by atoms with Crippen molar-refractivity contribution in [3.63, 3.8) is 0 Å². The molecular weight excluding hydrogens is 455 g/mol. The molecule has 0 unspecified atom stereocenters. The van der Waals surface area contributed by atoms with E-state index in [0.717, 1.165) is 47.2 Å². The van der Waals surface area contributed by atoms with Gasteiger partial charge in [-0.15, -0.1) is 24.0 Å². The summed E-state index contributed by atoms with van der Waals surface area (Å²) in [6, 6.07) is 9.83. The van der Waals surface area contributed by atoms with E-state index in [9.17, 15) is 0 Å². The van der Waals surface area contributed by atoms with Crippen LogP contribution in [0.1, 0.15) is 23.2 Å². The first-order chi connectivity index (χ1) is 12.7. The lowest BCUT2D eigenvalue weighted by molar-refractivity contribution is 0.311. The summed E-state index contributed by atoms with van der Waals surface area (Å²) in [5.74, 6) is 2.52. The van der Waals surface area contributed by atoms with Gasteiger partial charge >= 0.3 is 0 Å². The fourth-order valence-electron chi connectivity index (χ4n) is 2.62. The van der Waals surface area contributed by atoms with E-state index < -0.39 is 0 Å². The van der Waals surface area contributed by atoms with E-state index in [1.165, 1.54) is 0 Å². The standard InChI is InChI=1S/C20H28N4O2.HI/c1-15-13-23-18(16(2)19(15)25-4)14-24-20(21-3)22-11-8-12-26-17-9-6-5-7-10-17;/h5-7,9-10,13H,8,11-12,14H2,1-4H3,(H2,21,22,24);1H. The van der Waals surface area contributed by atoms with Crippen molar-refractivity contribution in [3.05, 3.63) is 53.3 Å². The second kappa shape index (κ2) is 12.4. The molecule has 0 atom stereocenters. The van der Waals surface area contributed by atoms with E-state index in [1.54, 1.807) is 14.2 Å². The van der Waals surface area contributed by atoms with Gasteiger partial charge in [0.2, 0.25) is 0 Å². The minimum absolute atomic E-state index is 0. The number of pyridine rings is 1. The first-order valence-corrected chi connectivity index (χ1v) is 8.77. The lowest BCUT2D eigenvalue weighted by Gasteiger charge is -2.15. The van der Waals surface area contributed by atoms with Crippen LogP contribution in [0.2, 0.25) is 0 Å². The highest BCUT2D eigenvalue weighted by atomic mass is 127. The summed E-state index contributed by atoms with van der Waals surface area (Å²) in [6.45, 7) is 6.03. The number of rotatable bonds is 8. The molecule has 1 aromatic carbocycles. The first kappa shape index (κ1) is 23.0. The van der Waals surface area contributed by atoms with Crippen LogP contribution >= 0.6 is 24.0 Å². The van der Waals surface area contributed by atoms with Gasteiger partial charge in [0.1, 0.15) is 11.5 Å². The van der Waals surface area contributed by atoms with Gasteiger partial charge in [0.25, 0.3) is 0 Å². The van der Waals surface area contributed by atoms with Crippen molar-refractivity contribution in [2.45, 2.75) is 26.8 Å². The van der Waals surface area contributed by atoms with Crippen LogP contribution in [0.5, 0.6) is 11.5 Å². The Morgan fingerprint density at radius 2 is 1.89 bits per heavy atom. The van der Waals surface area contributed by atoms with E-state index >= 15 is 0 Å². The van der Waals surface area contributed by atoms with Gasteiger partial charge in [-0.2, -0.15) is 0 Å². The van der Waals surface area contributed by atoms with Crippen molar-refractivity contribution in [3.8, 4) is 11.5 Å². The van der Waals surface area contributed by atoms with Crippen molar-refractivity contribution in [2.75, 3.05) is 27.3 Å². The average Bonchev–Trinajstić information content (AvgIpc) is 2.66. The van der Waals surface area contributed by atoms with Crippen LogP contribution in [0.25, 0.3) is 0 Å². The van der Waals surface area contributed by atoms with Crippen LogP contribution < -0.4 is 20.1 Å². The average molecular weight is 484 g/mol. The number of nitrogens with one attached hydrogen (secondary N) is 2. The number of hydrogen-bond donors (Lipinski definition) is 2. The van der Waals surface area contributed by atoms with Crippen LogP contribution in [-0.2, 0) is 6.54 Å². The number of aliphatic imine (C=N–C) groups is 1. The smallest absolute Gasteiger partial charge is 0.191 e. The summed E-state index contributed by atoms with van der Waals surface area (Å²) in [5, 5.41) is 6.57. The van der Waals surface area contributed by atoms with Crippen LogP contribution in [0.4, 0.5) is 0 Å².